The van der Waals surface area contributed by atoms with E-state index in [-0.39, 0.29) is 22.5 Å². The van der Waals surface area contributed by atoms with E-state index in [1.165, 1.54) is 12.1 Å². The summed E-state index contributed by atoms with van der Waals surface area (Å²) in [7, 11) is 0. The van der Waals surface area contributed by atoms with Gasteiger partial charge < -0.3 is 9.13 Å². The number of halogens is 5. The van der Waals surface area contributed by atoms with Crippen LogP contribution in [0.25, 0.3) is 134 Å². The van der Waals surface area contributed by atoms with Crippen LogP contribution in [0.5, 0.6) is 0 Å². The average Bonchev–Trinajstić information content (AvgIpc) is 4.04. The molecule has 0 aliphatic carbocycles. The second kappa shape index (κ2) is 19.2. The van der Waals surface area contributed by atoms with Gasteiger partial charge in [0.15, 0.2) is 34.9 Å². The van der Waals surface area contributed by atoms with Gasteiger partial charge in [0, 0.05) is 61.0 Å². The van der Waals surface area contributed by atoms with Gasteiger partial charge in [0.05, 0.1) is 33.4 Å². The standard InChI is InChI=1S/C67H39F5N8/c68-48-33-46(34-49(69)39-48)47-37-58(79-54-27-15-13-25-50(54)52-35-44(29-31-56(52)79)65-75-61(40-17-5-1-6-18-40)73-62(76-65)41-19-7-2-8-20-41)60(67(70,71)72)59(38-47)80-55-28-16-14-26-51(55)53-36-45(30-32-57(53)80)66-77-63(42-21-9-3-10-22-42)74-64(78-66)43-23-11-4-12-24-43/h1-39H. The molecule has 0 radical (unpaired) electrons. The Labute approximate surface area is 453 Å². The molecule has 0 N–H and O–H groups in total. The average molecular weight is 1050 g/mol. The summed E-state index contributed by atoms with van der Waals surface area (Å²) in [5.41, 5.74) is 4.78. The van der Waals surface area contributed by atoms with E-state index in [0.29, 0.717) is 89.7 Å². The zero-order chi connectivity index (χ0) is 54.1. The molecule has 4 heterocycles. The fourth-order valence-electron chi connectivity index (χ4n) is 10.8. The monoisotopic (exact) mass is 1050 g/mol. The Balaban J connectivity index is 1.01. The third kappa shape index (κ3) is 8.48. The molecular formula is C67H39F5N8. The molecule has 13 heteroatoms. The van der Waals surface area contributed by atoms with Crippen molar-refractivity contribution in [2.75, 3.05) is 0 Å². The summed E-state index contributed by atoms with van der Waals surface area (Å²) in [4.78, 5) is 29.5. The number of fused-ring (bicyclic) bond motifs is 6. The van der Waals surface area contributed by atoms with E-state index in [9.17, 15) is 0 Å². The van der Waals surface area contributed by atoms with Gasteiger partial charge in [0.1, 0.15) is 17.2 Å². The van der Waals surface area contributed by atoms with E-state index < -0.39 is 23.4 Å². The number of hydrogen-bond donors (Lipinski definition) is 0. The van der Waals surface area contributed by atoms with Crippen LogP contribution in [0, 0.1) is 11.6 Å². The van der Waals surface area contributed by atoms with Gasteiger partial charge in [-0.3, -0.25) is 0 Å². The van der Waals surface area contributed by atoms with Gasteiger partial charge in [-0.2, -0.15) is 13.2 Å². The molecule has 0 amide bonds. The topological polar surface area (TPSA) is 87.2 Å². The highest BCUT2D eigenvalue weighted by Gasteiger charge is 2.40. The molecule has 0 aliphatic heterocycles. The third-order valence-corrected chi connectivity index (χ3v) is 14.3. The number of hydrogen-bond acceptors (Lipinski definition) is 6. The molecule has 0 fully saturated rings. The van der Waals surface area contributed by atoms with Crippen molar-refractivity contribution in [2.24, 2.45) is 0 Å². The van der Waals surface area contributed by atoms with Crippen molar-refractivity contribution in [3.63, 3.8) is 0 Å². The molecule has 0 unspecified atom stereocenters. The van der Waals surface area contributed by atoms with Gasteiger partial charge in [-0.05, 0) is 83.9 Å². The molecule has 10 aromatic carbocycles. The summed E-state index contributed by atoms with van der Waals surface area (Å²) in [5.74, 6) is 0.761. The van der Waals surface area contributed by atoms with Crippen molar-refractivity contribution >= 4 is 43.6 Å². The fraction of sp³-hybridized carbons (Fsp3) is 0.0149. The highest BCUT2D eigenvalue weighted by molar-refractivity contribution is 6.12. The Morgan fingerprint density at radius 2 is 0.562 bits per heavy atom. The lowest BCUT2D eigenvalue weighted by Gasteiger charge is -2.23. The number of alkyl halides is 3. The number of aromatic nitrogens is 8. The normalized spacial score (nSPS) is 11.8. The summed E-state index contributed by atoms with van der Waals surface area (Å²) >= 11 is 0. The zero-order valence-corrected chi connectivity index (χ0v) is 42.0. The van der Waals surface area contributed by atoms with Crippen molar-refractivity contribution in [2.45, 2.75) is 6.18 Å². The molecule has 0 bridgehead atoms. The van der Waals surface area contributed by atoms with Gasteiger partial charge in [0.25, 0.3) is 0 Å². The Kier molecular flexibility index (Phi) is 11.5. The lowest BCUT2D eigenvalue weighted by molar-refractivity contribution is -0.137. The Morgan fingerprint density at radius 1 is 0.263 bits per heavy atom. The van der Waals surface area contributed by atoms with Gasteiger partial charge in [-0.1, -0.05) is 158 Å². The molecule has 0 aliphatic rings. The minimum Gasteiger partial charge on any atom is -0.309 e. The second-order valence-corrected chi connectivity index (χ2v) is 19.3. The van der Waals surface area contributed by atoms with Gasteiger partial charge in [0.2, 0.25) is 0 Å². The maximum atomic E-state index is 16.8. The van der Waals surface area contributed by atoms with Crippen LogP contribution in [-0.4, -0.2) is 39.0 Å². The van der Waals surface area contributed by atoms with Gasteiger partial charge in [-0.25, -0.2) is 38.7 Å². The Hall–Kier alpha value is -10.5. The minimum absolute atomic E-state index is 0.0429. The zero-order valence-electron chi connectivity index (χ0n) is 42.0. The fourth-order valence-corrected chi connectivity index (χ4v) is 10.8. The summed E-state index contributed by atoms with van der Waals surface area (Å²) < 4.78 is 84.4. The first-order valence-corrected chi connectivity index (χ1v) is 25.6. The first kappa shape index (κ1) is 47.9. The molecule has 382 valence electrons. The van der Waals surface area contributed by atoms with Crippen molar-refractivity contribution in [1.29, 1.82) is 0 Å². The van der Waals surface area contributed by atoms with Crippen LogP contribution in [-0.2, 0) is 6.18 Å². The molecule has 0 spiro atoms. The number of rotatable bonds is 9. The molecule has 0 atom stereocenters. The third-order valence-electron chi connectivity index (χ3n) is 14.3. The van der Waals surface area contributed by atoms with E-state index in [2.05, 4.69) is 0 Å². The molecular weight excluding hydrogens is 1010 g/mol. The molecule has 80 heavy (non-hydrogen) atoms. The summed E-state index contributed by atoms with van der Waals surface area (Å²) in [5, 5.41) is 2.53. The van der Waals surface area contributed by atoms with E-state index in [1.54, 1.807) is 57.7 Å². The second-order valence-electron chi connectivity index (χ2n) is 19.3. The van der Waals surface area contributed by atoms with Crippen LogP contribution >= 0.6 is 0 Å². The summed E-state index contributed by atoms with van der Waals surface area (Å²) in [6.07, 6.45) is -5.01. The first-order valence-electron chi connectivity index (χ1n) is 25.6. The number of nitrogens with zero attached hydrogens (tertiary/aromatic N) is 8. The van der Waals surface area contributed by atoms with Crippen LogP contribution in [0.1, 0.15) is 5.56 Å². The molecule has 14 rings (SSSR count). The maximum absolute atomic E-state index is 16.8. The smallest absolute Gasteiger partial charge is 0.309 e. The molecule has 8 nitrogen and oxygen atoms in total. The first-order chi connectivity index (χ1) is 39.1. The Bertz CT molecular complexity index is 4320. The molecule has 14 aromatic rings. The molecule has 4 aromatic heterocycles. The minimum atomic E-state index is -5.01. The van der Waals surface area contributed by atoms with E-state index in [0.717, 1.165) is 40.5 Å². The lowest BCUT2D eigenvalue weighted by atomic mass is 9.98. The van der Waals surface area contributed by atoms with Crippen LogP contribution in [0.3, 0.4) is 0 Å². The quantitative estimate of drug-likeness (QED) is 0.134. The van der Waals surface area contributed by atoms with Crippen molar-refractivity contribution in [3.8, 4) is 90.8 Å². The number of para-hydroxylation sites is 2. The van der Waals surface area contributed by atoms with E-state index in [4.69, 9.17) is 29.9 Å². The highest BCUT2D eigenvalue weighted by Crippen LogP contribution is 2.47. The van der Waals surface area contributed by atoms with Crippen LogP contribution < -0.4 is 0 Å². The van der Waals surface area contributed by atoms with Crippen LogP contribution in [0.2, 0.25) is 0 Å². The molecule has 0 saturated heterocycles. The highest BCUT2D eigenvalue weighted by atomic mass is 19.4. The van der Waals surface area contributed by atoms with Crippen molar-refractivity contribution < 1.29 is 22.0 Å². The van der Waals surface area contributed by atoms with Crippen molar-refractivity contribution in [3.05, 3.63) is 254 Å². The van der Waals surface area contributed by atoms with E-state index >= 15 is 22.0 Å². The van der Waals surface area contributed by atoms with Crippen LogP contribution in [0.4, 0.5) is 22.0 Å². The van der Waals surface area contributed by atoms with Crippen LogP contribution in [0.15, 0.2) is 237 Å². The predicted molar refractivity (Wildman–Crippen MR) is 305 cm³/mol. The summed E-state index contributed by atoms with van der Waals surface area (Å²) in [6, 6.07) is 69.3. The van der Waals surface area contributed by atoms with Crippen molar-refractivity contribution in [1.82, 2.24) is 39.0 Å². The predicted octanol–water partition coefficient (Wildman–Crippen LogP) is 17.2. The Morgan fingerprint density at radius 3 is 0.912 bits per heavy atom. The largest absolute Gasteiger partial charge is 0.420 e. The maximum Gasteiger partial charge on any atom is 0.420 e. The summed E-state index contributed by atoms with van der Waals surface area (Å²) in [6.45, 7) is 0. The van der Waals surface area contributed by atoms with Gasteiger partial charge >= 0.3 is 6.18 Å². The SMILES string of the molecule is Fc1cc(F)cc(-c2cc(-n3c4ccccc4c4cc(-c5nc(-c6ccccc6)nc(-c6ccccc6)n5)ccc43)c(C(F)(F)F)c(-n3c4ccccc4c4cc(-c5nc(-c6ccccc6)nc(-c6ccccc6)n5)ccc43)c2)c1. The van der Waals surface area contributed by atoms with Gasteiger partial charge in [-0.15, -0.1) is 0 Å². The number of benzene rings is 10. The molecule has 0 saturated carbocycles. The van der Waals surface area contributed by atoms with E-state index in [1.807, 2.05) is 158 Å². The lowest BCUT2D eigenvalue weighted by Crippen LogP contribution is -2.16.